The smallest absolute Gasteiger partial charge is 0.372 e. The Bertz CT molecular complexity index is 946. The molecule has 3 rings (SSSR count). The van der Waals surface area contributed by atoms with Gasteiger partial charge < -0.3 is 4.42 Å². The molecular weight excluding hydrogens is 341 g/mol. The molecule has 0 unspecified atom stereocenters. The molecule has 0 atom stereocenters. The number of rotatable bonds is 2. The van der Waals surface area contributed by atoms with Crippen molar-refractivity contribution in [3.63, 3.8) is 0 Å². The molecule has 0 amide bonds. The van der Waals surface area contributed by atoms with E-state index >= 15 is 0 Å². The predicted octanol–water partition coefficient (Wildman–Crippen LogP) is 2.90. The minimum atomic E-state index is -0.741. The molecule has 0 spiro atoms. The molecule has 1 heterocycles. The van der Waals surface area contributed by atoms with Crippen molar-refractivity contribution in [2.75, 3.05) is 0 Å². The van der Waals surface area contributed by atoms with Crippen LogP contribution < -0.4 is 11.4 Å². The molecule has 0 aliphatic rings. The molecule has 0 aliphatic heterocycles. The molecule has 106 valence electrons. The Kier molecular flexibility index (Phi) is 3.47. The van der Waals surface area contributed by atoms with E-state index < -0.39 is 11.4 Å². The molecule has 0 fully saturated rings. The Morgan fingerprint density at radius 3 is 2.67 bits per heavy atom. The van der Waals surface area contributed by atoms with Gasteiger partial charge in [0.1, 0.15) is 5.82 Å². The van der Waals surface area contributed by atoms with Crippen LogP contribution in [0.1, 0.15) is 5.56 Å². The van der Waals surface area contributed by atoms with Crippen molar-refractivity contribution < 1.29 is 8.81 Å². The summed E-state index contributed by atoms with van der Waals surface area (Å²) in [6.07, 6.45) is 0. The van der Waals surface area contributed by atoms with Crippen LogP contribution in [0, 0.1) is 5.82 Å². The highest BCUT2D eigenvalue weighted by molar-refractivity contribution is 9.10. The molecule has 2 aromatic carbocycles. The number of hydrogen-bond donors (Lipinski definition) is 0. The SMILES string of the molecule is O=c1oc(=O)n(Cc2ccc(F)cc2Br)c2ccccc12. The second-order valence-corrected chi connectivity index (χ2v) is 5.35. The van der Waals surface area contributed by atoms with Crippen molar-refractivity contribution in [1.29, 1.82) is 0 Å². The third-order valence-electron chi connectivity index (χ3n) is 3.16. The molecule has 4 nitrogen and oxygen atoms in total. The van der Waals surface area contributed by atoms with E-state index in [2.05, 4.69) is 15.9 Å². The minimum absolute atomic E-state index is 0.171. The fraction of sp³-hybridized carbons (Fsp3) is 0.0667. The minimum Gasteiger partial charge on any atom is -0.372 e. The largest absolute Gasteiger partial charge is 0.422 e. The highest BCUT2D eigenvalue weighted by Crippen LogP contribution is 2.19. The first kappa shape index (κ1) is 13.8. The van der Waals surface area contributed by atoms with Crippen LogP contribution >= 0.6 is 15.9 Å². The number of para-hydroxylation sites is 1. The third-order valence-corrected chi connectivity index (χ3v) is 3.90. The summed E-state index contributed by atoms with van der Waals surface area (Å²) in [7, 11) is 0. The fourth-order valence-electron chi connectivity index (χ4n) is 2.14. The lowest BCUT2D eigenvalue weighted by molar-refractivity contribution is 0.424. The summed E-state index contributed by atoms with van der Waals surface area (Å²) in [5.74, 6) is -1.11. The Balaban J connectivity index is 2.21. The number of halogens is 2. The number of hydrogen-bond acceptors (Lipinski definition) is 3. The lowest BCUT2D eigenvalue weighted by Crippen LogP contribution is -2.25. The highest BCUT2D eigenvalue weighted by Gasteiger charge is 2.11. The predicted molar refractivity (Wildman–Crippen MR) is 79.9 cm³/mol. The van der Waals surface area contributed by atoms with Crippen LogP contribution in [0.25, 0.3) is 10.9 Å². The Hall–Kier alpha value is -2.21. The van der Waals surface area contributed by atoms with Crippen molar-refractivity contribution >= 4 is 26.8 Å². The molecule has 0 saturated heterocycles. The maximum atomic E-state index is 13.1. The van der Waals surface area contributed by atoms with Gasteiger partial charge in [0, 0.05) is 4.47 Å². The zero-order valence-electron chi connectivity index (χ0n) is 10.7. The van der Waals surface area contributed by atoms with E-state index in [9.17, 15) is 14.0 Å². The molecular formula is C15H9BrFNO3. The molecule has 0 bridgehead atoms. The quantitative estimate of drug-likeness (QED) is 0.714. The summed E-state index contributed by atoms with van der Waals surface area (Å²) in [5.41, 5.74) is 0.525. The van der Waals surface area contributed by atoms with Crippen molar-refractivity contribution in [3.8, 4) is 0 Å². The average Bonchev–Trinajstić information content (AvgIpc) is 2.45. The summed E-state index contributed by atoms with van der Waals surface area (Å²) in [5, 5.41) is 0.329. The zero-order valence-corrected chi connectivity index (χ0v) is 12.3. The maximum absolute atomic E-state index is 13.1. The summed E-state index contributed by atoms with van der Waals surface area (Å²) < 4.78 is 19.7. The van der Waals surface area contributed by atoms with Crippen LogP contribution in [0.3, 0.4) is 0 Å². The Labute approximate surface area is 126 Å². The molecule has 0 saturated carbocycles. The van der Waals surface area contributed by atoms with Gasteiger partial charge in [-0.25, -0.2) is 14.0 Å². The molecule has 21 heavy (non-hydrogen) atoms. The van der Waals surface area contributed by atoms with Crippen molar-refractivity contribution in [2.24, 2.45) is 0 Å². The number of benzene rings is 2. The average molecular weight is 350 g/mol. The second-order valence-electron chi connectivity index (χ2n) is 4.49. The fourth-order valence-corrected chi connectivity index (χ4v) is 2.62. The second kappa shape index (κ2) is 5.29. The Morgan fingerprint density at radius 2 is 1.90 bits per heavy atom. The van der Waals surface area contributed by atoms with Gasteiger partial charge in [-0.05, 0) is 29.8 Å². The van der Waals surface area contributed by atoms with Crippen LogP contribution in [0.4, 0.5) is 4.39 Å². The summed E-state index contributed by atoms with van der Waals surface area (Å²) in [6.45, 7) is 0.171. The molecule has 3 aromatic rings. The first-order valence-corrected chi connectivity index (χ1v) is 6.92. The number of nitrogens with zero attached hydrogens (tertiary/aromatic N) is 1. The van der Waals surface area contributed by atoms with Gasteiger partial charge in [0.2, 0.25) is 0 Å². The van der Waals surface area contributed by atoms with Gasteiger partial charge in [-0.2, -0.15) is 0 Å². The van der Waals surface area contributed by atoms with E-state index in [4.69, 9.17) is 4.42 Å². The first-order valence-electron chi connectivity index (χ1n) is 6.13. The highest BCUT2D eigenvalue weighted by atomic mass is 79.9. The van der Waals surface area contributed by atoms with Gasteiger partial charge in [0.25, 0.3) is 0 Å². The van der Waals surface area contributed by atoms with E-state index in [-0.39, 0.29) is 12.4 Å². The van der Waals surface area contributed by atoms with Crippen LogP contribution in [0.15, 0.2) is 60.9 Å². The van der Waals surface area contributed by atoms with E-state index in [1.807, 2.05) is 0 Å². The van der Waals surface area contributed by atoms with Crippen molar-refractivity contribution in [2.45, 2.75) is 6.54 Å². The van der Waals surface area contributed by atoms with Crippen LogP contribution in [-0.2, 0) is 6.54 Å². The third kappa shape index (κ3) is 2.54. The van der Waals surface area contributed by atoms with Gasteiger partial charge in [0.15, 0.2) is 0 Å². The van der Waals surface area contributed by atoms with Gasteiger partial charge in [-0.15, -0.1) is 0 Å². The molecule has 6 heteroatoms. The topological polar surface area (TPSA) is 52.2 Å². The zero-order chi connectivity index (χ0) is 15.0. The molecule has 0 aliphatic carbocycles. The lowest BCUT2D eigenvalue weighted by atomic mass is 10.2. The van der Waals surface area contributed by atoms with Crippen LogP contribution in [-0.4, -0.2) is 4.57 Å². The van der Waals surface area contributed by atoms with Crippen molar-refractivity contribution in [1.82, 2.24) is 4.57 Å². The maximum Gasteiger partial charge on any atom is 0.422 e. The van der Waals surface area contributed by atoms with Gasteiger partial charge in [0.05, 0.1) is 17.4 Å². The standard InChI is InChI=1S/C15H9BrFNO3/c16-12-7-10(17)6-5-9(12)8-18-13-4-2-1-3-11(13)14(19)21-15(18)20/h1-7H,8H2. The molecule has 0 N–H and O–H groups in total. The normalized spacial score (nSPS) is 11.0. The van der Waals surface area contributed by atoms with Crippen molar-refractivity contribution in [3.05, 3.63) is 79.3 Å². The van der Waals surface area contributed by atoms with Crippen LogP contribution in [0.2, 0.25) is 0 Å². The van der Waals surface area contributed by atoms with Crippen LogP contribution in [0.5, 0.6) is 0 Å². The number of fused-ring (bicyclic) bond motifs is 1. The van der Waals surface area contributed by atoms with E-state index in [0.29, 0.717) is 20.9 Å². The van der Waals surface area contributed by atoms with E-state index in [1.165, 1.54) is 16.7 Å². The van der Waals surface area contributed by atoms with Gasteiger partial charge in [-0.1, -0.05) is 34.1 Å². The molecule has 0 radical (unpaired) electrons. The Morgan fingerprint density at radius 1 is 1.14 bits per heavy atom. The summed E-state index contributed by atoms with van der Waals surface area (Å²) >= 11 is 3.26. The number of aromatic nitrogens is 1. The monoisotopic (exact) mass is 349 g/mol. The van der Waals surface area contributed by atoms with E-state index in [0.717, 1.165) is 0 Å². The summed E-state index contributed by atoms with van der Waals surface area (Å²) in [4.78, 5) is 23.6. The summed E-state index contributed by atoms with van der Waals surface area (Å²) in [6, 6.07) is 10.9. The van der Waals surface area contributed by atoms with Gasteiger partial charge in [-0.3, -0.25) is 4.57 Å². The first-order chi connectivity index (χ1) is 10.1. The van der Waals surface area contributed by atoms with Gasteiger partial charge >= 0.3 is 11.4 Å². The lowest BCUT2D eigenvalue weighted by Gasteiger charge is -2.09. The van der Waals surface area contributed by atoms with E-state index in [1.54, 1.807) is 30.3 Å². The molecule has 1 aromatic heterocycles.